The molecule has 2 amide bonds. The molecule has 0 radical (unpaired) electrons. The highest BCUT2D eigenvalue weighted by atomic mass is 16.4. The van der Waals surface area contributed by atoms with Crippen LogP contribution < -0.4 is 5.32 Å². The molecule has 0 aromatic heterocycles. The van der Waals surface area contributed by atoms with E-state index in [0.29, 0.717) is 12.6 Å². The van der Waals surface area contributed by atoms with Crippen LogP contribution in [-0.4, -0.2) is 41.6 Å². The third kappa shape index (κ3) is 4.35. The van der Waals surface area contributed by atoms with E-state index in [9.17, 15) is 9.59 Å². The van der Waals surface area contributed by atoms with Crippen LogP contribution in [0.5, 0.6) is 0 Å². The molecule has 2 N–H and O–H groups in total. The number of aliphatic carboxylic acids is 1. The zero-order chi connectivity index (χ0) is 15.3. The molecule has 0 heterocycles. The van der Waals surface area contributed by atoms with Crippen LogP contribution in [0.2, 0.25) is 0 Å². The Balaban J connectivity index is 1.81. The van der Waals surface area contributed by atoms with Gasteiger partial charge in [-0.2, -0.15) is 0 Å². The van der Waals surface area contributed by atoms with Gasteiger partial charge < -0.3 is 15.3 Å². The average molecular weight is 296 g/mol. The summed E-state index contributed by atoms with van der Waals surface area (Å²) in [5.74, 6) is -0.763. The Morgan fingerprint density at radius 2 is 1.76 bits per heavy atom. The van der Waals surface area contributed by atoms with E-state index < -0.39 is 5.97 Å². The Morgan fingerprint density at radius 1 is 1.14 bits per heavy atom. The summed E-state index contributed by atoms with van der Waals surface area (Å²) in [6.45, 7) is 0.495. The molecule has 0 atom stereocenters. The average Bonchev–Trinajstić information content (AvgIpc) is 2.69. The van der Waals surface area contributed by atoms with E-state index >= 15 is 0 Å². The van der Waals surface area contributed by atoms with Crippen LogP contribution in [-0.2, 0) is 4.79 Å². The predicted octanol–water partition coefficient (Wildman–Crippen LogP) is 3.00. The van der Waals surface area contributed by atoms with Gasteiger partial charge in [0.05, 0.1) is 6.42 Å². The van der Waals surface area contributed by atoms with Crippen LogP contribution in [0.25, 0.3) is 0 Å². The van der Waals surface area contributed by atoms with E-state index in [2.05, 4.69) is 5.32 Å². The van der Waals surface area contributed by atoms with Crippen molar-refractivity contribution < 1.29 is 14.7 Å². The van der Waals surface area contributed by atoms with Gasteiger partial charge in [0.1, 0.15) is 0 Å². The highest BCUT2D eigenvalue weighted by Gasteiger charge is 2.39. The van der Waals surface area contributed by atoms with Gasteiger partial charge in [-0.1, -0.05) is 32.1 Å². The van der Waals surface area contributed by atoms with Crippen LogP contribution in [0.1, 0.15) is 64.2 Å². The molecule has 0 saturated heterocycles. The Kier molecular flexibility index (Phi) is 5.48. The second-order valence-corrected chi connectivity index (χ2v) is 6.84. The number of urea groups is 1. The van der Waals surface area contributed by atoms with Gasteiger partial charge >= 0.3 is 12.0 Å². The van der Waals surface area contributed by atoms with Gasteiger partial charge in [0.2, 0.25) is 0 Å². The summed E-state index contributed by atoms with van der Waals surface area (Å²) < 4.78 is 0. The van der Waals surface area contributed by atoms with Gasteiger partial charge in [0.25, 0.3) is 0 Å². The van der Waals surface area contributed by atoms with Crippen molar-refractivity contribution in [1.82, 2.24) is 10.2 Å². The third-order valence-corrected chi connectivity index (χ3v) is 5.25. The van der Waals surface area contributed by atoms with Crippen LogP contribution in [0.15, 0.2) is 0 Å². The van der Waals surface area contributed by atoms with E-state index in [4.69, 9.17) is 5.11 Å². The van der Waals surface area contributed by atoms with Crippen LogP contribution in [0.4, 0.5) is 4.79 Å². The summed E-state index contributed by atoms with van der Waals surface area (Å²) >= 11 is 0. The van der Waals surface area contributed by atoms with Gasteiger partial charge in [-0.05, 0) is 31.1 Å². The molecule has 5 heteroatoms. The van der Waals surface area contributed by atoms with E-state index in [1.165, 1.54) is 25.7 Å². The number of rotatable bonds is 5. The number of carbonyl (C=O) groups excluding carboxylic acids is 1. The number of carbonyl (C=O) groups is 2. The first kappa shape index (κ1) is 16.1. The van der Waals surface area contributed by atoms with E-state index in [-0.39, 0.29) is 17.9 Å². The molecule has 0 bridgehead atoms. The Bertz CT molecular complexity index is 372. The summed E-state index contributed by atoms with van der Waals surface area (Å²) in [6.07, 6.45) is 10.2. The molecule has 5 nitrogen and oxygen atoms in total. The number of hydrogen-bond acceptors (Lipinski definition) is 2. The Morgan fingerprint density at radius 3 is 2.24 bits per heavy atom. The number of amides is 2. The number of nitrogens with zero attached hydrogens (tertiary/aromatic N) is 1. The Hall–Kier alpha value is -1.26. The summed E-state index contributed by atoms with van der Waals surface area (Å²) in [6, 6.07) is 0.294. The molecule has 0 spiro atoms. The molecule has 2 fully saturated rings. The topological polar surface area (TPSA) is 69.6 Å². The van der Waals surface area contributed by atoms with Crippen LogP contribution in [0, 0.1) is 5.41 Å². The molecular weight excluding hydrogens is 268 g/mol. The van der Waals surface area contributed by atoms with Crippen molar-refractivity contribution in [3.8, 4) is 0 Å². The van der Waals surface area contributed by atoms with Crippen LogP contribution >= 0.6 is 0 Å². The van der Waals surface area contributed by atoms with Crippen molar-refractivity contribution in [3.63, 3.8) is 0 Å². The fraction of sp³-hybridized carbons (Fsp3) is 0.875. The molecule has 0 aromatic carbocycles. The van der Waals surface area contributed by atoms with E-state index in [1.54, 1.807) is 0 Å². The minimum Gasteiger partial charge on any atom is -0.481 e. The number of hydrogen-bond donors (Lipinski definition) is 2. The lowest BCUT2D eigenvalue weighted by atomic mass is 9.66. The minimum atomic E-state index is -0.763. The first-order valence-electron chi connectivity index (χ1n) is 8.25. The molecule has 2 aliphatic rings. The minimum absolute atomic E-state index is 0.0430. The van der Waals surface area contributed by atoms with Crippen molar-refractivity contribution in [2.45, 2.75) is 70.3 Å². The molecule has 0 unspecified atom stereocenters. The first-order valence-corrected chi connectivity index (χ1v) is 8.25. The predicted molar refractivity (Wildman–Crippen MR) is 81.2 cm³/mol. The second kappa shape index (κ2) is 7.14. The zero-order valence-corrected chi connectivity index (χ0v) is 13.1. The highest BCUT2D eigenvalue weighted by Crippen LogP contribution is 2.43. The normalized spacial score (nSPS) is 22.0. The lowest BCUT2D eigenvalue weighted by Gasteiger charge is -2.41. The SMILES string of the molecule is CN(C(=O)NCC1(CC(=O)O)CCC1)C1CCCCCC1. The molecule has 2 saturated carbocycles. The second-order valence-electron chi connectivity index (χ2n) is 6.84. The van der Waals surface area contributed by atoms with Gasteiger partial charge in [-0.25, -0.2) is 4.79 Å². The van der Waals surface area contributed by atoms with Crippen molar-refractivity contribution in [2.75, 3.05) is 13.6 Å². The highest BCUT2D eigenvalue weighted by molar-refractivity contribution is 5.74. The van der Waals surface area contributed by atoms with Crippen molar-refractivity contribution in [2.24, 2.45) is 5.41 Å². The summed E-state index contributed by atoms with van der Waals surface area (Å²) in [7, 11) is 1.87. The van der Waals surface area contributed by atoms with Gasteiger partial charge in [0.15, 0.2) is 0 Å². The largest absolute Gasteiger partial charge is 0.481 e. The van der Waals surface area contributed by atoms with E-state index in [1.807, 2.05) is 11.9 Å². The standard InChI is InChI=1S/C16H28N2O3/c1-18(13-7-4-2-3-5-8-13)15(21)17-12-16(9-6-10-16)11-14(19)20/h13H,2-12H2,1H3,(H,17,21)(H,19,20). The third-order valence-electron chi connectivity index (χ3n) is 5.25. The lowest BCUT2D eigenvalue weighted by molar-refractivity contribution is -0.141. The lowest BCUT2D eigenvalue weighted by Crippen LogP contribution is -2.49. The molecule has 2 aliphatic carbocycles. The van der Waals surface area contributed by atoms with Crippen molar-refractivity contribution in [1.29, 1.82) is 0 Å². The molecule has 120 valence electrons. The molecular formula is C16H28N2O3. The summed E-state index contributed by atoms with van der Waals surface area (Å²) in [5.41, 5.74) is -0.203. The Labute approximate surface area is 127 Å². The van der Waals surface area contributed by atoms with Crippen molar-refractivity contribution in [3.05, 3.63) is 0 Å². The first-order chi connectivity index (χ1) is 10.0. The fourth-order valence-electron chi connectivity index (χ4n) is 3.61. The van der Waals surface area contributed by atoms with Gasteiger partial charge in [-0.15, -0.1) is 0 Å². The molecule has 21 heavy (non-hydrogen) atoms. The number of carboxylic acids is 1. The molecule has 2 rings (SSSR count). The summed E-state index contributed by atoms with van der Waals surface area (Å²) in [5, 5.41) is 12.0. The smallest absolute Gasteiger partial charge is 0.317 e. The van der Waals surface area contributed by atoms with Gasteiger partial charge in [0, 0.05) is 19.6 Å². The fourth-order valence-corrected chi connectivity index (χ4v) is 3.61. The van der Waals surface area contributed by atoms with Gasteiger partial charge in [-0.3, -0.25) is 4.79 Å². The monoisotopic (exact) mass is 296 g/mol. The quantitative estimate of drug-likeness (QED) is 0.766. The molecule has 0 aromatic rings. The summed E-state index contributed by atoms with van der Waals surface area (Å²) in [4.78, 5) is 25.1. The maximum Gasteiger partial charge on any atom is 0.317 e. The van der Waals surface area contributed by atoms with E-state index in [0.717, 1.165) is 32.1 Å². The maximum atomic E-state index is 12.3. The zero-order valence-electron chi connectivity index (χ0n) is 13.1. The maximum absolute atomic E-state index is 12.3. The van der Waals surface area contributed by atoms with Crippen LogP contribution in [0.3, 0.4) is 0 Å². The van der Waals surface area contributed by atoms with Crippen molar-refractivity contribution >= 4 is 12.0 Å². The number of nitrogens with one attached hydrogen (secondary N) is 1. The molecule has 0 aliphatic heterocycles. The number of carboxylic acid groups (broad SMARTS) is 1.